The molecule has 3 N–H and O–H groups in total. The minimum absolute atomic E-state index is 0.339. The van der Waals surface area contributed by atoms with Crippen molar-refractivity contribution in [3.05, 3.63) is 63.9 Å². The zero-order chi connectivity index (χ0) is 13.1. The molecule has 1 atom stereocenters. The Morgan fingerprint density at radius 3 is 2.61 bits per heavy atom. The molecule has 1 unspecified atom stereocenters. The van der Waals surface area contributed by atoms with Gasteiger partial charge in [-0.3, -0.25) is 10.8 Å². The summed E-state index contributed by atoms with van der Waals surface area (Å²) in [5, 5.41) is 0. The van der Waals surface area contributed by atoms with Crippen LogP contribution in [0.2, 0.25) is 0 Å². The van der Waals surface area contributed by atoms with Gasteiger partial charge in [0.2, 0.25) is 0 Å². The summed E-state index contributed by atoms with van der Waals surface area (Å²) in [4.78, 5) is 3.90. The molecule has 0 radical (unpaired) electrons. The molecule has 0 aliphatic rings. The van der Waals surface area contributed by atoms with Crippen molar-refractivity contribution < 1.29 is 8.78 Å². The maximum absolute atomic E-state index is 13.8. The molecule has 0 amide bonds. The van der Waals surface area contributed by atoms with Crippen molar-refractivity contribution in [2.45, 2.75) is 6.04 Å². The van der Waals surface area contributed by atoms with Gasteiger partial charge in [0.1, 0.15) is 11.6 Å². The molecule has 1 heterocycles. The number of rotatable bonds is 3. The standard InChI is InChI=1S/C12H10BrF2N3/c13-7-1-3-10(15)9(5-7)12(18-16)11-4-2-8(14)6-17-11/h1-6,12,18H,16H2. The molecule has 6 heteroatoms. The van der Waals surface area contributed by atoms with Gasteiger partial charge in [-0.25, -0.2) is 14.2 Å². The molecule has 0 aliphatic heterocycles. The van der Waals surface area contributed by atoms with Crippen molar-refractivity contribution in [2.24, 2.45) is 5.84 Å². The Morgan fingerprint density at radius 2 is 2.00 bits per heavy atom. The average molecular weight is 314 g/mol. The summed E-state index contributed by atoms with van der Waals surface area (Å²) < 4.78 is 27.3. The zero-order valence-corrected chi connectivity index (χ0v) is 10.8. The Bertz CT molecular complexity index is 546. The maximum atomic E-state index is 13.8. The van der Waals surface area contributed by atoms with E-state index in [0.717, 1.165) is 10.7 Å². The first kappa shape index (κ1) is 13.1. The normalized spacial score (nSPS) is 12.4. The number of aromatic nitrogens is 1. The number of nitrogens with zero attached hydrogens (tertiary/aromatic N) is 1. The van der Waals surface area contributed by atoms with Crippen molar-refractivity contribution in [1.82, 2.24) is 10.4 Å². The van der Waals surface area contributed by atoms with Crippen molar-refractivity contribution in [3.63, 3.8) is 0 Å². The minimum atomic E-state index is -0.636. The lowest BCUT2D eigenvalue weighted by Gasteiger charge is -2.16. The highest BCUT2D eigenvalue weighted by atomic mass is 79.9. The molecule has 2 aromatic rings. The molecule has 0 saturated carbocycles. The number of hydrazine groups is 1. The molecular weight excluding hydrogens is 304 g/mol. The quantitative estimate of drug-likeness (QED) is 0.676. The van der Waals surface area contributed by atoms with Gasteiger partial charge >= 0.3 is 0 Å². The predicted molar refractivity (Wildman–Crippen MR) is 67.5 cm³/mol. The highest BCUT2D eigenvalue weighted by molar-refractivity contribution is 9.10. The molecule has 0 spiro atoms. The van der Waals surface area contributed by atoms with Crippen LogP contribution in [0, 0.1) is 11.6 Å². The summed E-state index contributed by atoms with van der Waals surface area (Å²) in [6.45, 7) is 0. The third-order valence-electron chi connectivity index (χ3n) is 2.48. The molecule has 1 aromatic heterocycles. The first-order valence-corrected chi connectivity index (χ1v) is 5.93. The fourth-order valence-electron chi connectivity index (χ4n) is 1.63. The van der Waals surface area contributed by atoms with Crippen LogP contribution in [0.5, 0.6) is 0 Å². The number of nitrogens with one attached hydrogen (secondary N) is 1. The van der Waals surface area contributed by atoms with E-state index in [-0.39, 0.29) is 0 Å². The molecule has 1 aromatic carbocycles. The second-order valence-electron chi connectivity index (χ2n) is 3.67. The van der Waals surface area contributed by atoms with Crippen LogP contribution in [0.3, 0.4) is 0 Å². The minimum Gasteiger partial charge on any atom is -0.271 e. The Kier molecular flexibility index (Phi) is 4.00. The van der Waals surface area contributed by atoms with Crippen LogP contribution < -0.4 is 11.3 Å². The second kappa shape index (κ2) is 5.51. The summed E-state index contributed by atoms with van der Waals surface area (Å²) in [6.07, 6.45) is 1.07. The SMILES string of the molecule is NNC(c1ccc(F)cn1)c1cc(Br)ccc1F. The Morgan fingerprint density at radius 1 is 1.22 bits per heavy atom. The molecular formula is C12H10BrF2N3. The molecule has 0 bridgehead atoms. The van der Waals surface area contributed by atoms with E-state index in [4.69, 9.17) is 5.84 Å². The average Bonchev–Trinajstić information content (AvgIpc) is 2.37. The first-order chi connectivity index (χ1) is 8.61. The number of hydrogen-bond donors (Lipinski definition) is 2. The fourth-order valence-corrected chi connectivity index (χ4v) is 2.01. The van der Waals surface area contributed by atoms with E-state index in [1.165, 1.54) is 18.2 Å². The van der Waals surface area contributed by atoms with Crippen LogP contribution in [0.1, 0.15) is 17.3 Å². The lowest BCUT2D eigenvalue weighted by molar-refractivity contribution is 0.549. The molecule has 0 saturated heterocycles. The van der Waals surface area contributed by atoms with Crippen LogP contribution in [-0.2, 0) is 0 Å². The van der Waals surface area contributed by atoms with Crippen molar-refractivity contribution in [2.75, 3.05) is 0 Å². The van der Waals surface area contributed by atoms with Gasteiger partial charge in [0.05, 0.1) is 17.9 Å². The van der Waals surface area contributed by atoms with Crippen LogP contribution >= 0.6 is 15.9 Å². The number of pyridine rings is 1. The van der Waals surface area contributed by atoms with E-state index in [1.807, 2.05) is 0 Å². The van der Waals surface area contributed by atoms with Gasteiger partial charge in [0.25, 0.3) is 0 Å². The number of halogens is 3. The van der Waals surface area contributed by atoms with Gasteiger partial charge in [0, 0.05) is 10.0 Å². The smallest absolute Gasteiger partial charge is 0.141 e. The lowest BCUT2D eigenvalue weighted by atomic mass is 10.0. The van der Waals surface area contributed by atoms with E-state index in [1.54, 1.807) is 12.1 Å². The highest BCUT2D eigenvalue weighted by Gasteiger charge is 2.18. The summed E-state index contributed by atoms with van der Waals surface area (Å²) in [5.74, 6) is 4.56. The Hall–Kier alpha value is -1.37. The lowest BCUT2D eigenvalue weighted by Crippen LogP contribution is -2.30. The zero-order valence-electron chi connectivity index (χ0n) is 9.20. The van der Waals surface area contributed by atoms with E-state index in [0.29, 0.717) is 11.3 Å². The fraction of sp³-hybridized carbons (Fsp3) is 0.0833. The summed E-state index contributed by atoms with van der Waals surface area (Å²) in [7, 11) is 0. The Balaban J connectivity index is 2.44. The third kappa shape index (κ3) is 2.72. The van der Waals surface area contributed by atoms with Crippen molar-refractivity contribution in [1.29, 1.82) is 0 Å². The summed E-state index contributed by atoms with van der Waals surface area (Å²) in [5.41, 5.74) is 3.26. The summed E-state index contributed by atoms with van der Waals surface area (Å²) >= 11 is 3.26. The third-order valence-corrected chi connectivity index (χ3v) is 2.97. The van der Waals surface area contributed by atoms with Gasteiger partial charge in [-0.2, -0.15) is 0 Å². The maximum Gasteiger partial charge on any atom is 0.141 e. The number of nitrogens with two attached hydrogens (primary N) is 1. The van der Waals surface area contributed by atoms with Crippen LogP contribution in [0.15, 0.2) is 41.0 Å². The molecule has 18 heavy (non-hydrogen) atoms. The van der Waals surface area contributed by atoms with Gasteiger partial charge in [-0.15, -0.1) is 0 Å². The summed E-state index contributed by atoms with van der Waals surface area (Å²) in [6, 6.07) is 6.59. The number of benzene rings is 1. The van der Waals surface area contributed by atoms with Gasteiger partial charge in [-0.1, -0.05) is 15.9 Å². The van der Waals surface area contributed by atoms with Gasteiger partial charge in [0.15, 0.2) is 0 Å². The highest BCUT2D eigenvalue weighted by Crippen LogP contribution is 2.25. The predicted octanol–water partition coefficient (Wildman–Crippen LogP) is 2.68. The van der Waals surface area contributed by atoms with Crippen LogP contribution in [0.4, 0.5) is 8.78 Å². The van der Waals surface area contributed by atoms with Gasteiger partial charge < -0.3 is 0 Å². The molecule has 2 rings (SSSR count). The molecule has 0 aliphatic carbocycles. The Labute approximate surface area is 111 Å². The monoisotopic (exact) mass is 313 g/mol. The second-order valence-corrected chi connectivity index (χ2v) is 4.58. The molecule has 94 valence electrons. The molecule has 3 nitrogen and oxygen atoms in total. The van der Waals surface area contributed by atoms with E-state index >= 15 is 0 Å². The molecule has 0 fully saturated rings. The van der Waals surface area contributed by atoms with E-state index in [2.05, 4.69) is 26.3 Å². The van der Waals surface area contributed by atoms with E-state index in [9.17, 15) is 8.78 Å². The number of hydrogen-bond acceptors (Lipinski definition) is 3. The largest absolute Gasteiger partial charge is 0.271 e. The van der Waals surface area contributed by atoms with Crippen LogP contribution in [-0.4, -0.2) is 4.98 Å². The van der Waals surface area contributed by atoms with Gasteiger partial charge in [-0.05, 0) is 30.3 Å². The van der Waals surface area contributed by atoms with Crippen molar-refractivity contribution in [3.8, 4) is 0 Å². The van der Waals surface area contributed by atoms with Crippen molar-refractivity contribution >= 4 is 15.9 Å². The van der Waals surface area contributed by atoms with E-state index < -0.39 is 17.7 Å². The van der Waals surface area contributed by atoms with Crippen LogP contribution in [0.25, 0.3) is 0 Å². The topological polar surface area (TPSA) is 50.9 Å². The first-order valence-electron chi connectivity index (χ1n) is 5.14.